The van der Waals surface area contributed by atoms with Gasteiger partial charge in [0.15, 0.2) is 0 Å². The lowest BCUT2D eigenvalue weighted by Gasteiger charge is -1.99. The summed E-state index contributed by atoms with van der Waals surface area (Å²) in [7, 11) is -3.64. The van der Waals surface area contributed by atoms with Crippen LogP contribution < -0.4 is 0 Å². The molecular weight excluding hydrogens is 168 g/mol. The number of carbonyl (C=O) groups excluding carboxylic acids is 1. The van der Waals surface area contributed by atoms with Gasteiger partial charge in [0.2, 0.25) is 0 Å². The number of carbonyl (C=O) groups is 1. The lowest BCUT2D eigenvalue weighted by atomic mass is 10.4. The molecule has 5 heteroatoms. The van der Waals surface area contributed by atoms with Crippen LogP contribution >= 0.6 is 0 Å². The first-order valence-electron chi connectivity index (χ1n) is 3.07. The first-order chi connectivity index (χ1) is 5.02. The Hall–Kier alpha value is -0.840. The molecule has 0 bridgehead atoms. The fourth-order valence-corrected chi connectivity index (χ4v) is 0.822. The Balaban J connectivity index is 4.05. The van der Waals surface area contributed by atoms with Crippen LogP contribution in [-0.2, 0) is 19.1 Å². The van der Waals surface area contributed by atoms with Crippen molar-refractivity contribution < 1.29 is 17.4 Å². The average molecular weight is 178 g/mol. The molecule has 0 aliphatic rings. The number of rotatable bonds is 4. The Morgan fingerprint density at radius 2 is 2.18 bits per heavy atom. The summed E-state index contributed by atoms with van der Waals surface area (Å²) < 4.78 is 25.3. The van der Waals surface area contributed by atoms with Gasteiger partial charge in [0.05, 0.1) is 12.2 Å². The first kappa shape index (κ1) is 10.2. The largest absolute Gasteiger partial charge is 0.345 e. The quantitative estimate of drug-likeness (QED) is 0.463. The molecule has 4 nitrogen and oxygen atoms in total. The van der Waals surface area contributed by atoms with Gasteiger partial charge in [-0.3, -0.25) is 4.79 Å². The topological polar surface area (TPSA) is 60.4 Å². The van der Waals surface area contributed by atoms with Gasteiger partial charge in [-0.05, 0) is 6.92 Å². The minimum atomic E-state index is -3.64. The zero-order chi connectivity index (χ0) is 8.91. The summed E-state index contributed by atoms with van der Waals surface area (Å²) in [6.45, 7) is 4.66. The van der Waals surface area contributed by atoms with E-state index in [1.165, 1.54) is 13.0 Å². The third-order valence-electron chi connectivity index (χ3n) is 0.884. The summed E-state index contributed by atoms with van der Waals surface area (Å²) in [6, 6.07) is 0. The molecule has 0 N–H and O–H groups in total. The SMILES string of the molecule is C=CCC(=O)OS(=O)(=O)CC. The predicted molar refractivity (Wildman–Crippen MR) is 40.4 cm³/mol. The van der Waals surface area contributed by atoms with E-state index in [1.807, 2.05) is 0 Å². The van der Waals surface area contributed by atoms with Crippen LogP contribution in [0.15, 0.2) is 12.7 Å². The normalized spacial score (nSPS) is 10.6. The highest BCUT2D eigenvalue weighted by Crippen LogP contribution is 1.96. The van der Waals surface area contributed by atoms with Crippen LogP contribution in [0.5, 0.6) is 0 Å². The van der Waals surface area contributed by atoms with Crippen LogP contribution in [0.4, 0.5) is 0 Å². The van der Waals surface area contributed by atoms with Gasteiger partial charge in [-0.1, -0.05) is 6.08 Å². The van der Waals surface area contributed by atoms with E-state index in [9.17, 15) is 13.2 Å². The molecule has 0 saturated carbocycles. The smallest absolute Gasteiger partial charge is 0.325 e. The fourth-order valence-electron chi connectivity index (χ4n) is 0.352. The fraction of sp³-hybridized carbons (Fsp3) is 0.500. The molecule has 0 saturated heterocycles. The highest BCUT2D eigenvalue weighted by Gasteiger charge is 2.12. The highest BCUT2D eigenvalue weighted by atomic mass is 32.2. The second kappa shape index (κ2) is 4.12. The van der Waals surface area contributed by atoms with Gasteiger partial charge in [0, 0.05) is 0 Å². The van der Waals surface area contributed by atoms with E-state index in [0.29, 0.717) is 0 Å². The number of hydrogen-bond acceptors (Lipinski definition) is 4. The van der Waals surface area contributed by atoms with Gasteiger partial charge in [0.25, 0.3) is 0 Å². The standard InChI is InChI=1S/C6H10O4S/c1-3-5-6(7)10-11(8,9)4-2/h3H,1,4-5H2,2H3. The van der Waals surface area contributed by atoms with Crippen molar-refractivity contribution in [1.82, 2.24) is 0 Å². The van der Waals surface area contributed by atoms with E-state index in [1.54, 1.807) is 0 Å². The Morgan fingerprint density at radius 3 is 2.55 bits per heavy atom. The third-order valence-corrected chi connectivity index (χ3v) is 2.03. The van der Waals surface area contributed by atoms with Crippen LogP contribution in [0.1, 0.15) is 13.3 Å². The molecule has 0 atom stereocenters. The Kier molecular flexibility index (Phi) is 3.81. The molecule has 0 rings (SSSR count). The van der Waals surface area contributed by atoms with Gasteiger partial charge in [0.1, 0.15) is 0 Å². The molecule has 0 fully saturated rings. The van der Waals surface area contributed by atoms with Crippen molar-refractivity contribution in [3.8, 4) is 0 Å². The Bertz CT molecular complexity index is 239. The van der Waals surface area contributed by atoms with Crippen LogP contribution in [0.2, 0.25) is 0 Å². The number of hydrogen-bond donors (Lipinski definition) is 0. The van der Waals surface area contributed by atoms with Crippen LogP contribution in [0.25, 0.3) is 0 Å². The van der Waals surface area contributed by atoms with Crippen LogP contribution in [0.3, 0.4) is 0 Å². The van der Waals surface area contributed by atoms with Gasteiger partial charge in [-0.15, -0.1) is 6.58 Å². The molecule has 0 aromatic carbocycles. The summed E-state index contributed by atoms with van der Waals surface area (Å²) in [5, 5.41) is 0. The minimum Gasteiger partial charge on any atom is -0.345 e. The average Bonchev–Trinajstić information content (AvgIpc) is 1.87. The molecule has 0 aliphatic carbocycles. The molecule has 11 heavy (non-hydrogen) atoms. The molecule has 0 radical (unpaired) electrons. The molecule has 0 aromatic rings. The second-order valence-electron chi connectivity index (χ2n) is 1.79. The molecule has 0 spiro atoms. The third kappa shape index (κ3) is 4.55. The van der Waals surface area contributed by atoms with E-state index >= 15 is 0 Å². The zero-order valence-corrected chi connectivity index (χ0v) is 7.06. The molecule has 64 valence electrons. The summed E-state index contributed by atoms with van der Waals surface area (Å²) in [5.74, 6) is -0.988. The summed E-state index contributed by atoms with van der Waals surface area (Å²) >= 11 is 0. The van der Waals surface area contributed by atoms with Crippen LogP contribution in [-0.4, -0.2) is 20.1 Å². The first-order valence-corrected chi connectivity index (χ1v) is 4.65. The van der Waals surface area contributed by atoms with Crippen molar-refractivity contribution in [3.63, 3.8) is 0 Å². The summed E-state index contributed by atoms with van der Waals surface area (Å²) in [5.41, 5.74) is 0. The maximum atomic E-state index is 10.6. The molecule has 0 amide bonds. The Morgan fingerprint density at radius 1 is 1.64 bits per heavy atom. The summed E-state index contributed by atoms with van der Waals surface area (Å²) in [4.78, 5) is 10.5. The van der Waals surface area contributed by atoms with E-state index in [0.717, 1.165) is 0 Å². The van der Waals surface area contributed by atoms with E-state index < -0.39 is 16.1 Å². The van der Waals surface area contributed by atoms with E-state index in [2.05, 4.69) is 10.8 Å². The monoisotopic (exact) mass is 178 g/mol. The molecule has 0 aliphatic heterocycles. The molecule has 0 aromatic heterocycles. The Labute approximate surface area is 66.0 Å². The molecule has 0 unspecified atom stereocenters. The van der Waals surface area contributed by atoms with Crippen molar-refractivity contribution in [1.29, 1.82) is 0 Å². The zero-order valence-electron chi connectivity index (χ0n) is 6.24. The lowest BCUT2D eigenvalue weighted by molar-refractivity contribution is -0.132. The minimum absolute atomic E-state index is 0.0841. The van der Waals surface area contributed by atoms with Crippen molar-refractivity contribution in [2.24, 2.45) is 0 Å². The summed E-state index contributed by atoms with van der Waals surface area (Å²) in [6.07, 6.45) is 1.20. The van der Waals surface area contributed by atoms with Crippen molar-refractivity contribution >= 4 is 16.1 Å². The van der Waals surface area contributed by atoms with E-state index in [-0.39, 0.29) is 12.2 Å². The van der Waals surface area contributed by atoms with Gasteiger partial charge in [-0.25, -0.2) is 0 Å². The van der Waals surface area contributed by atoms with Crippen molar-refractivity contribution in [2.45, 2.75) is 13.3 Å². The van der Waals surface area contributed by atoms with Crippen molar-refractivity contribution in [2.75, 3.05) is 5.75 Å². The van der Waals surface area contributed by atoms with Gasteiger partial charge in [-0.2, -0.15) is 8.42 Å². The molecule has 0 heterocycles. The maximum Gasteiger partial charge on any atom is 0.325 e. The van der Waals surface area contributed by atoms with Crippen molar-refractivity contribution in [3.05, 3.63) is 12.7 Å². The maximum absolute atomic E-state index is 10.6. The van der Waals surface area contributed by atoms with Gasteiger partial charge >= 0.3 is 16.1 Å². The van der Waals surface area contributed by atoms with Crippen LogP contribution in [0, 0.1) is 0 Å². The highest BCUT2D eigenvalue weighted by molar-refractivity contribution is 7.87. The second-order valence-corrected chi connectivity index (χ2v) is 3.65. The predicted octanol–water partition coefficient (Wildman–Crippen LogP) is 0.455. The van der Waals surface area contributed by atoms with Gasteiger partial charge < -0.3 is 4.18 Å². The molecular formula is C6H10O4S. The lowest BCUT2D eigenvalue weighted by Crippen LogP contribution is -2.13. The van der Waals surface area contributed by atoms with E-state index in [4.69, 9.17) is 0 Å².